The summed E-state index contributed by atoms with van der Waals surface area (Å²) in [6.07, 6.45) is 3.54. The van der Waals surface area contributed by atoms with Crippen LogP contribution in [-0.4, -0.2) is 36.5 Å². The molecule has 4 nitrogen and oxygen atoms in total. The van der Waals surface area contributed by atoms with Crippen LogP contribution in [0.1, 0.15) is 37.3 Å². The average molecular weight is 314 g/mol. The van der Waals surface area contributed by atoms with E-state index in [0.717, 1.165) is 36.4 Å². The Morgan fingerprint density at radius 2 is 2.14 bits per heavy atom. The molecule has 0 saturated heterocycles. The molecule has 0 aliphatic carbocycles. The lowest BCUT2D eigenvalue weighted by molar-refractivity contribution is -0.0175. The maximum atomic E-state index is 9.25. The molecule has 0 spiro atoms. The van der Waals surface area contributed by atoms with Crippen LogP contribution in [0.25, 0.3) is 0 Å². The number of nitrogens with zero attached hydrogens (tertiary/aromatic N) is 1. The molecule has 1 aromatic rings. The van der Waals surface area contributed by atoms with Crippen molar-refractivity contribution in [2.75, 3.05) is 26.5 Å². The molecule has 1 aromatic carbocycles. The van der Waals surface area contributed by atoms with Gasteiger partial charge in [-0.05, 0) is 25.1 Å². The fraction of sp³-hybridized carbons (Fsp3) is 0.625. The van der Waals surface area contributed by atoms with Crippen molar-refractivity contribution in [2.24, 2.45) is 0 Å². The number of rotatable bonds is 8. The smallest absolute Gasteiger partial charge is 0.189 e. The van der Waals surface area contributed by atoms with Gasteiger partial charge in [-0.15, -0.1) is 0 Å². The predicted molar refractivity (Wildman–Crippen MR) is 83.6 cm³/mol. The fourth-order valence-corrected chi connectivity index (χ4v) is 2.88. The number of halogens is 1. The van der Waals surface area contributed by atoms with E-state index in [1.807, 2.05) is 12.1 Å². The van der Waals surface area contributed by atoms with Crippen LogP contribution >= 0.6 is 11.6 Å². The molecule has 0 amide bonds. The second kappa shape index (κ2) is 8.59. The molecule has 1 aliphatic rings. The van der Waals surface area contributed by atoms with Gasteiger partial charge in [-0.25, -0.2) is 0 Å². The summed E-state index contributed by atoms with van der Waals surface area (Å²) in [5.74, 6) is 0.893. The number of benzene rings is 1. The number of ether oxygens (including phenoxy) is 2. The first kappa shape index (κ1) is 16.6. The number of unbranched alkanes of at least 4 members (excludes halogenated alkanes) is 2. The van der Waals surface area contributed by atoms with Crippen LogP contribution in [0, 0.1) is 0 Å². The Kier molecular flexibility index (Phi) is 6.77. The van der Waals surface area contributed by atoms with E-state index >= 15 is 0 Å². The average Bonchev–Trinajstić information content (AvgIpc) is 2.47. The Labute approximate surface area is 131 Å². The summed E-state index contributed by atoms with van der Waals surface area (Å²) in [4.78, 5) is 2.25. The lowest BCUT2D eigenvalue weighted by atomic mass is 10.1. The highest BCUT2D eigenvalue weighted by molar-refractivity contribution is 6.30. The number of hydrogen-bond acceptors (Lipinski definition) is 4. The SMILES string of the molecule is CCCCCN(CCO)Cc1cc(Cl)cc2c1OCOC2. The molecule has 1 heterocycles. The molecular formula is C16H24ClNO3. The molecule has 0 saturated carbocycles. The van der Waals surface area contributed by atoms with Crippen LogP contribution in [0.2, 0.25) is 5.02 Å². The maximum absolute atomic E-state index is 9.25. The van der Waals surface area contributed by atoms with E-state index in [2.05, 4.69) is 11.8 Å². The number of hydrogen-bond donors (Lipinski definition) is 1. The van der Waals surface area contributed by atoms with Crippen LogP contribution in [0.15, 0.2) is 12.1 Å². The first-order chi connectivity index (χ1) is 10.2. The first-order valence-corrected chi connectivity index (χ1v) is 7.97. The minimum Gasteiger partial charge on any atom is -0.467 e. The van der Waals surface area contributed by atoms with Gasteiger partial charge in [0, 0.05) is 29.2 Å². The molecule has 0 bridgehead atoms. The molecule has 1 N–H and O–H groups in total. The summed E-state index contributed by atoms with van der Waals surface area (Å²) < 4.78 is 10.9. The Morgan fingerprint density at radius 1 is 1.29 bits per heavy atom. The first-order valence-electron chi connectivity index (χ1n) is 7.59. The van der Waals surface area contributed by atoms with Crippen LogP contribution in [0.3, 0.4) is 0 Å². The van der Waals surface area contributed by atoms with Gasteiger partial charge in [0.05, 0.1) is 13.2 Å². The van der Waals surface area contributed by atoms with Crippen molar-refractivity contribution < 1.29 is 14.6 Å². The highest BCUT2D eigenvalue weighted by Gasteiger charge is 2.18. The second-order valence-corrected chi connectivity index (χ2v) is 5.81. The van der Waals surface area contributed by atoms with Gasteiger partial charge in [0.25, 0.3) is 0 Å². The zero-order valence-corrected chi connectivity index (χ0v) is 13.4. The maximum Gasteiger partial charge on any atom is 0.189 e. The summed E-state index contributed by atoms with van der Waals surface area (Å²) in [5, 5.41) is 9.95. The van der Waals surface area contributed by atoms with E-state index in [-0.39, 0.29) is 13.4 Å². The largest absolute Gasteiger partial charge is 0.467 e. The minimum atomic E-state index is 0.166. The van der Waals surface area contributed by atoms with Gasteiger partial charge in [-0.2, -0.15) is 0 Å². The van der Waals surface area contributed by atoms with Crippen LogP contribution in [0.5, 0.6) is 5.75 Å². The molecule has 0 unspecified atom stereocenters. The third kappa shape index (κ3) is 4.85. The predicted octanol–water partition coefficient (Wildman–Crippen LogP) is 3.19. The normalized spacial score (nSPS) is 14.1. The van der Waals surface area contributed by atoms with Crippen molar-refractivity contribution in [1.82, 2.24) is 4.90 Å². The Bertz CT molecular complexity index is 453. The van der Waals surface area contributed by atoms with Crippen molar-refractivity contribution in [3.8, 4) is 5.75 Å². The van der Waals surface area contributed by atoms with E-state index in [1.54, 1.807) is 0 Å². The fourth-order valence-electron chi connectivity index (χ4n) is 2.61. The van der Waals surface area contributed by atoms with Crippen molar-refractivity contribution in [2.45, 2.75) is 39.3 Å². The summed E-state index contributed by atoms with van der Waals surface area (Å²) >= 11 is 6.19. The lowest BCUT2D eigenvalue weighted by Crippen LogP contribution is -2.28. The Hall–Kier alpha value is -0.810. The van der Waals surface area contributed by atoms with E-state index in [0.29, 0.717) is 18.2 Å². The molecule has 0 radical (unpaired) electrons. The number of aliphatic hydroxyl groups excluding tert-OH is 1. The molecule has 2 rings (SSSR count). The van der Waals surface area contributed by atoms with E-state index in [9.17, 15) is 5.11 Å². The number of aliphatic hydroxyl groups is 1. The van der Waals surface area contributed by atoms with Crippen LogP contribution in [-0.2, 0) is 17.9 Å². The standard InChI is InChI=1S/C16H24ClNO3/c1-2-3-4-5-18(6-7-19)10-13-8-15(17)9-14-11-20-12-21-16(13)14/h8-9,19H,2-7,10-12H2,1H3. The molecule has 5 heteroatoms. The molecule has 1 aliphatic heterocycles. The van der Waals surface area contributed by atoms with Gasteiger partial charge >= 0.3 is 0 Å². The number of fused-ring (bicyclic) bond motifs is 1. The summed E-state index contributed by atoms with van der Waals surface area (Å²) in [7, 11) is 0. The zero-order valence-electron chi connectivity index (χ0n) is 12.6. The van der Waals surface area contributed by atoms with Crippen LogP contribution < -0.4 is 4.74 Å². The highest BCUT2D eigenvalue weighted by atomic mass is 35.5. The van der Waals surface area contributed by atoms with Crippen molar-refractivity contribution in [1.29, 1.82) is 0 Å². The highest BCUT2D eigenvalue weighted by Crippen LogP contribution is 2.32. The van der Waals surface area contributed by atoms with E-state index in [1.165, 1.54) is 12.8 Å². The topological polar surface area (TPSA) is 41.9 Å². The molecule has 0 fully saturated rings. The molecular weight excluding hydrogens is 290 g/mol. The van der Waals surface area contributed by atoms with Crippen molar-refractivity contribution in [3.05, 3.63) is 28.3 Å². The Morgan fingerprint density at radius 3 is 2.90 bits per heavy atom. The van der Waals surface area contributed by atoms with Gasteiger partial charge in [-0.3, -0.25) is 4.90 Å². The second-order valence-electron chi connectivity index (χ2n) is 5.37. The quantitative estimate of drug-likeness (QED) is 0.748. The molecule has 118 valence electrons. The van der Waals surface area contributed by atoms with Gasteiger partial charge < -0.3 is 14.6 Å². The third-order valence-corrected chi connectivity index (χ3v) is 3.86. The summed E-state index contributed by atoms with van der Waals surface area (Å²) in [6, 6.07) is 3.85. The van der Waals surface area contributed by atoms with Crippen molar-refractivity contribution in [3.63, 3.8) is 0 Å². The molecule has 0 aromatic heterocycles. The lowest BCUT2D eigenvalue weighted by Gasteiger charge is -2.26. The van der Waals surface area contributed by atoms with Crippen LogP contribution in [0.4, 0.5) is 0 Å². The summed E-state index contributed by atoms with van der Waals surface area (Å²) in [6.45, 7) is 5.58. The van der Waals surface area contributed by atoms with E-state index < -0.39 is 0 Å². The Balaban J connectivity index is 2.09. The van der Waals surface area contributed by atoms with Gasteiger partial charge in [0.1, 0.15) is 5.75 Å². The molecule has 21 heavy (non-hydrogen) atoms. The van der Waals surface area contributed by atoms with Gasteiger partial charge in [0.15, 0.2) is 6.79 Å². The third-order valence-electron chi connectivity index (χ3n) is 3.64. The van der Waals surface area contributed by atoms with Crippen molar-refractivity contribution >= 4 is 11.6 Å². The molecule has 0 atom stereocenters. The van der Waals surface area contributed by atoms with E-state index in [4.69, 9.17) is 21.1 Å². The van der Waals surface area contributed by atoms with Gasteiger partial charge in [0.2, 0.25) is 0 Å². The van der Waals surface area contributed by atoms with Gasteiger partial charge in [-0.1, -0.05) is 31.4 Å². The minimum absolute atomic E-state index is 0.166. The monoisotopic (exact) mass is 313 g/mol. The zero-order chi connectivity index (χ0) is 15.1. The summed E-state index contributed by atoms with van der Waals surface area (Å²) in [5.41, 5.74) is 2.08.